The maximum atomic E-state index is 12.3. The van der Waals surface area contributed by atoms with Crippen LogP contribution >= 0.6 is 0 Å². The number of rotatable bonds is 5. The monoisotopic (exact) mass is 348 g/mol. The molecule has 0 unspecified atom stereocenters. The number of nitrogens with one attached hydrogen (secondary N) is 3. The Balaban J connectivity index is 1.58. The summed E-state index contributed by atoms with van der Waals surface area (Å²) in [6.45, 7) is -0.232. The molecule has 0 spiro atoms. The van der Waals surface area contributed by atoms with Gasteiger partial charge in [0.05, 0.1) is 18.3 Å². The van der Waals surface area contributed by atoms with Gasteiger partial charge in [0.2, 0.25) is 0 Å². The summed E-state index contributed by atoms with van der Waals surface area (Å²) in [5.41, 5.74) is 2.76. The van der Waals surface area contributed by atoms with Crippen LogP contribution in [0.3, 0.4) is 0 Å². The largest absolute Gasteiger partial charge is 0.343 e. The number of H-pyrrole nitrogens is 1. The van der Waals surface area contributed by atoms with Crippen molar-refractivity contribution >= 4 is 28.8 Å². The first-order valence-electron chi connectivity index (χ1n) is 7.91. The number of carbonyl (C=O) groups is 2. The number of fused-ring (bicyclic) bond motifs is 1. The highest BCUT2D eigenvalue weighted by molar-refractivity contribution is 6.07. The number of hydrogen-bond donors (Lipinski definition) is 3. The molecule has 2 amide bonds. The number of benzene rings is 2. The van der Waals surface area contributed by atoms with Crippen LogP contribution in [0.1, 0.15) is 15.9 Å². The van der Waals surface area contributed by atoms with E-state index in [1.54, 1.807) is 24.3 Å². The van der Waals surface area contributed by atoms with E-state index in [2.05, 4.69) is 20.8 Å². The maximum Gasteiger partial charge on any atom is 0.259 e. The molecule has 130 valence electrons. The van der Waals surface area contributed by atoms with Crippen LogP contribution in [0.5, 0.6) is 0 Å². The van der Waals surface area contributed by atoms with Crippen LogP contribution in [0.4, 0.5) is 0 Å². The zero-order chi connectivity index (χ0) is 18.4. The van der Waals surface area contributed by atoms with Crippen LogP contribution in [0.2, 0.25) is 0 Å². The van der Waals surface area contributed by atoms with Crippen LogP contribution in [0.15, 0.2) is 70.7 Å². The third-order valence-electron chi connectivity index (χ3n) is 3.69. The van der Waals surface area contributed by atoms with E-state index in [9.17, 15) is 14.4 Å². The molecule has 7 heteroatoms. The summed E-state index contributed by atoms with van der Waals surface area (Å²) in [5, 5.41) is 8.03. The van der Waals surface area contributed by atoms with Crippen molar-refractivity contribution in [2.45, 2.75) is 0 Å². The molecule has 7 nitrogen and oxygen atoms in total. The Bertz CT molecular complexity index is 1030. The number of amides is 2. The van der Waals surface area contributed by atoms with E-state index >= 15 is 0 Å². The Kier molecular flexibility index (Phi) is 5.19. The van der Waals surface area contributed by atoms with Gasteiger partial charge in [-0.3, -0.25) is 14.4 Å². The fraction of sp³-hybridized carbons (Fsp3) is 0.0526. The lowest BCUT2D eigenvalue weighted by Crippen LogP contribution is -2.35. The number of hydrogen-bond acceptors (Lipinski definition) is 4. The Hall–Kier alpha value is -3.74. The van der Waals surface area contributed by atoms with E-state index in [1.807, 2.05) is 30.3 Å². The lowest BCUT2D eigenvalue weighted by molar-refractivity contribution is -0.120. The highest BCUT2D eigenvalue weighted by atomic mass is 16.2. The first kappa shape index (κ1) is 17.1. The zero-order valence-electron chi connectivity index (χ0n) is 13.7. The number of aromatic amines is 1. The number of carbonyl (C=O) groups excluding carboxylic acids is 2. The van der Waals surface area contributed by atoms with Gasteiger partial charge in [-0.1, -0.05) is 36.4 Å². The highest BCUT2D eigenvalue weighted by Gasteiger charge is 2.10. The third-order valence-corrected chi connectivity index (χ3v) is 3.69. The highest BCUT2D eigenvalue weighted by Crippen LogP contribution is 2.18. The number of pyridine rings is 1. The van der Waals surface area contributed by atoms with Crippen LogP contribution < -0.4 is 16.3 Å². The summed E-state index contributed by atoms with van der Waals surface area (Å²) in [6, 6.07) is 16.1. The van der Waals surface area contributed by atoms with E-state index < -0.39 is 5.91 Å². The molecule has 1 heterocycles. The lowest BCUT2D eigenvalue weighted by atomic mass is 10.0. The van der Waals surface area contributed by atoms with Gasteiger partial charge in [-0.05, 0) is 29.0 Å². The molecule has 0 bridgehead atoms. The molecule has 0 aliphatic rings. The van der Waals surface area contributed by atoms with Crippen molar-refractivity contribution < 1.29 is 9.59 Å². The molecule has 0 saturated heterocycles. The summed E-state index contributed by atoms with van der Waals surface area (Å²) in [7, 11) is 0. The summed E-state index contributed by atoms with van der Waals surface area (Å²) < 4.78 is 0. The smallest absolute Gasteiger partial charge is 0.259 e. The van der Waals surface area contributed by atoms with Crippen LogP contribution in [-0.4, -0.2) is 29.6 Å². The molecule has 0 radical (unpaired) electrons. The summed E-state index contributed by atoms with van der Waals surface area (Å²) in [5.74, 6) is -0.845. The minimum atomic E-state index is -0.498. The molecule has 0 atom stereocenters. The Morgan fingerprint density at radius 2 is 1.85 bits per heavy atom. The van der Waals surface area contributed by atoms with Gasteiger partial charge in [0, 0.05) is 11.8 Å². The van der Waals surface area contributed by atoms with Crippen LogP contribution in [0, 0.1) is 0 Å². The molecule has 3 rings (SSSR count). The van der Waals surface area contributed by atoms with Gasteiger partial charge >= 0.3 is 0 Å². The quantitative estimate of drug-likeness (QED) is 0.480. The van der Waals surface area contributed by atoms with E-state index in [0.717, 1.165) is 10.8 Å². The SMILES string of the molecule is O=C(CNC(=O)c1cccc2ccccc12)N/N=C/c1ccc[nH]c1=O. The van der Waals surface area contributed by atoms with Gasteiger partial charge < -0.3 is 10.3 Å². The fourth-order valence-corrected chi connectivity index (χ4v) is 2.43. The molecule has 0 saturated carbocycles. The summed E-state index contributed by atoms with van der Waals surface area (Å²) >= 11 is 0. The van der Waals surface area contributed by atoms with Crippen LogP contribution in [0.25, 0.3) is 10.8 Å². The van der Waals surface area contributed by atoms with Crippen LogP contribution in [-0.2, 0) is 4.79 Å². The molecule has 0 fully saturated rings. The second-order valence-corrected chi connectivity index (χ2v) is 5.46. The molecule has 0 aliphatic carbocycles. The van der Waals surface area contributed by atoms with E-state index in [-0.39, 0.29) is 18.0 Å². The van der Waals surface area contributed by atoms with Crippen molar-refractivity contribution in [3.8, 4) is 0 Å². The molecule has 26 heavy (non-hydrogen) atoms. The van der Waals surface area contributed by atoms with E-state index in [1.165, 1.54) is 12.4 Å². The predicted molar refractivity (Wildman–Crippen MR) is 99.1 cm³/mol. The van der Waals surface area contributed by atoms with Crippen molar-refractivity contribution in [1.82, 2.24) is 15.7 Å². The van der Waals surface area contributed by atoms with Crippen molar-refractivity contribution in [1.29, 1.82) is 0 Å². The van der Waals surface area contributed by atoms with Gasteiger partial charge in [0.1, 0.15) is 0 Å². The minimum Gasteiger partial charge on any atom is -0.343 e. The summed E-state index contributed by atoms with van der Waals surface area (Å²) in [4.78, 5) is 38.1. The molecule has 2 aromatic carbocycles. The van der Waals surface area contributed by atoms with Gasteiger partial charge in [-0.15, -0.1) is 0 Å². The normalized spacial score (nSPS) is 10.8. The van der Waals surface area contributed by atoms with Gasteiger partial charge in [0.15, 0.2) is 0 Å². The first-order chi connectivity index (χ1) is 12.6. The fourth-order valence-electron chi connectivity index (χ4n) is 2.43. The van der Waals surface area contributed by atoms with Crippen molar-refractivity contribution in [3.63, 3.8) is 0 Å². The van der Waals surface area contributed by atoms with Gasteiger partial charge in [-0.2, -0.15) is 5.10 Å². The molecular formula is C19H16N4O3. The number of hydrazone groups is 1. The predicted octanol–water partition coefficient (Wildman–Crippen LogP) is 1.41. The zero-order valence-corrected chi connectivity index (χ0v) is 13.7. The van der Waals surface area contributed by atoms with Crippen molar-refractivity contribution in [3.05, 3.63) is 82.3 Å². The average Bonchev–Trinajstić information content (AvgIpc) is 2.67. The van der Waals surface area contributed by atoms with E-state index in [4.69, 9.17) is 0 Å². The number of aromatic nitrogens is 1. The topological polar surface area (TPSA) is 103 Å². The second kappa shape index (κ2) is 7.89. The molecule has 0 aliphatic heterocycles. The second-order valence-electron chi connectivity index (χ2n) is 5.46. The van der Waals surface area contributed by atoms with Crippen molar-refractivity contribution in [2.75, 3.05) is 6.54 Å². The van der Waals surface area contributed by atoms with E-state index in [0.29, 0.717) is 11.1 Å². The Morgan fingerprint density at radius 1 is 1.04 bits per heavy atom. The summed E-state index contributed by atoms with van der Waals surface area (Å²) in [6.07, 6.45) is 2.74. The molecule has 1 aromatic heterocycles. The average molecular weight is 348 g/mol. The van der Waals surface area contributed by atoms with Gasteiger partial charge in [-0.25, -0.2) is 5.43 Å². The first-order valence-corrected chi connectivity index (χ1v) is 7.91. The Labute approximate surface area is 148 Å². The molecular weight excluding hydrogens is 332 g/mol. The van der Waals surface area contributed by atoms with Gasteiger partial charge in [0.25, 0.3) is 17.4 Å². The minimum absolute atomic E-state index is 0.232. The number of nitrogens with zero attached hydrogens (tertiary/aromatic N) is 1. The third kappa shape index (κ3) is 4.02. The molecule has 3 aromatic rings. The lowest BCUT2D eigenvalue weighted by Gasteiger charge is -2.07. The molecule has 3 N–H and O–H groups in total. The van der Waals surface area contributed by atoms with Crippen molar-refractivity contribution in [2.24, 2.45) is 5.10 Å². The maximum absolute atomic E-state index is 12.3. The Morgan fingerprint density at radius 3 is 2.69 bits per heavy atom. The standard InChI is InChI=1S/C19H16N4O3/c24-17(23-22-11-14-7-4-10-20-18(14)25)12-21-19(26)16-9-3-6-13-5-1-2-8-15(13)16/h1-11H,12H2,(H,20,25)(H,21,26)(H,23,24)/b22-11+.